The molecule has 2 aliphatic carbocycles. The lowest BCUT2D eigenvalue weighted by Crippen LogP contribution is -2.50. The van der Waals surface area contributed by atoms with Crippen LogP contribution in [0.4, 0.5) is 9.93 Å². The van der Waals surface area contributed by atoms with Crippen LogP contribution in [0.2, 0.25) is 0 Å². The number of thiazole rings is 1. The van der Waals surface area contributed by atoms with E-state index in [2.05, 4.69) is 15.2 Å². The number of aromatic nitrogens is 1. The van der Waals surface area contributed by atoms with Crippen LogP contribution in [-0.2, 0) is 16.0 Å². The fraction of sp³-hybridized carbons (Fsp3) is 0.577. The molecule has 0 radical (unpaired) electrons. The summed E-state index contributed by atoms with van der Waals surface area (Å²) in [7, 11) is 0. The molecule has 2 aromatic rings. The molecule has 1 heterocycles. The van der Waals surface area contributed by atoms with Crippen molar-refractivity contribution < 1.29 is 14.3 Å². The number of rotatable bonds is 8. The summed E-state index contributed by atoms with van der Waals surface area (Å²) in [6.07, 6.45) is 11.8. The van der Waals surface area contributed by atoms with E-state index in [4.69, 9.17) is 4.74 Å². The van der Waals surface area contributed by atoms with Crippen molar-refractivity contribution in [2.24, 2.45) is 0 Å². The standard InChI is InChI=1S/C26H35N3O3S2/c1-2-32-23(30)18-22-24(33-21-16-10-5-11-17-21)34-25(27-22)28-26(31)29(19-12-6-3-7-13-19)20-14-8-4-9-15-20/h5,10-11,16-17,19-20H,2-4,6-9,12-15,18H2,1H3,(H,27,28,31). The van der Waals surface area contributed by atoms with Crippen LogP contribution in [0.3, 0.4) is 0 Å². The molecule has 2 amide bonds. The number of hydrogen-bond acceptors (Lipinski definition) is 6. The smallest absolute Gasteiger partial charge is 0.324 e. The zero-order chi connectivity index (χ0) is 23.8. The van der Waals surface area contributed by atoms with Crippen molar-refractivity contribution in [1.82, 2.24) is 9.88 Å². The Labute approximate surface area is 210 Å². The summed E-state index contributed by atoms with van der Waals surface area (Å²) in [6, 6.07) is 10.6. The average molecular weight is 502 g/mol. The maximum absolute atomic E-state index is 13.6. The topological polar surface area (TPSA) is 71.5 Å². The van der Waals surface area contributed by atoms with E-state index in [-0.39, 0.29) is 18.4 Å². The Morgan fingerprint density at radius 3 is 2.24 bits per heavy atom. The minimum atomic E-state index is -0.299. The van der Waals surface area contributed by atoms with Crippen LogP contribution in [-0.4, -0.2) is 40.6 Å². The number of hydrogen-bond donors (Lipinski definition) is 1. The molecule has 1 aromatic heterocycles. The number of anilines is 1. The highest BCUT2D eigenvalue weighted by atomic mass is 32.2. The Kier molecular flexibility index (Phi) is 9.27. The molecule has 0 saturated heterocycles. The normalized spacial score (nSPS) is 17.3. The van der Waals surface area contributed by atoms with E-state index in [0.717, 1.165) is 34.8 Å². The van der Waals surface area contributed by atoms with Crippen LogP contribution in [0.1, 0.15) is 76.8 Å². The molecule has 0 aliphatic heterocycles. The first kappa shape index (κ1) is 25.0. The zero-order valence-corrected chi connectivity index (χ0v) is 21.6. The van der Waals surface area contributed by atoms with E-state index in [1.54, 1.807) is 18.7 Å². The quantitative estimate of drug-likeness (QED) is 0.398. The lowest BCUT2D eigenvalue weighted by Gasteiger charge is -2.41. The molecule has 6 nitrogen and oxygen atoms in total. The highest BCUT2D eigenvalue weighted by molar-refractivity contribution is 8.01. The summed E-state index contributed by atoms with van der Waals surface area (Å²) in [5.74, 6) is -0.299. The predicted molar refractivity (Wildman–Crippen MR) is 138 cm³/mol. The van der Waals surface area contributed by atoms with Gasteiger partial charge in [0.1, 0.15) is 0 Å². The van der Waals surface area contributed by atoms with Gasteiger partial charge in [-0.15, -0.1) is 0 Å². The molecule has 2 saturated carbocycles. The van der Waals surface area contributed by atoms with Gasteiger partial charge >= 0.3 is 12.0 Å². The predicted octanol–water partition coefficient (Wildman–Crippen LogP) is 6.90. The summed E-state index contributed by atoms with van der Waals surface area (Å²) in [4.78, 5) is 33.7. The first-order valence-electron chi connectivity index (χ1n) is 12.6. The molecule has 4 rings (SSSR count). The summed E-state index contributed by atoms with van der Waals surface area (Å²) >= 11 is 3.01. The van der Waals surface area contributed by atoms with Gasteiger partial charge in [0.25, 0.3) is 0 Å². The minimum absolute atomic E-state index is 0.0357. The van der Waals surface area contributed by atoms with Crippen molar-refractivity contribution >= 4 is 40.2 Å². The fourth-order valence-corrected chi connectivity index (χ4v) is 7.17. The number of nitrogens with one attached hydrogen (secondary N) is 1. The van der Waals surface area contributed by atoms with Crippen LogP contribution in [0.15, 0.2) is 39.4 Å². The second-order valence-corrected chi connectivity index (χ2v) is 11.4. The second-order valence-electron chi connectivity index (χ2n) is 9.07. The molecular weight excluding hydrogens is 466 g/mol. The van der Waals surface area contributed by atoms with Gasteiger partial charge in [-0.1, -0.05) is 79.8 Å². The van der Waals surface area contributed by atoms with Crippen LogP contribution < -0.4 is 5.32 Å². The maximum Gasteiger partial charge on any atom is 0.324 e. The van der Waals surface area contributed by atoms with Gasteiger partial charge in [0.2, 0.25) is 0 Å². The molecule has 1 aromatic carbocycles. The van der Waals surface area contributed by atoms with E-state index >= 15 is 0 Å². The molecule has 2 fully saturated rings. The maximum atomic E-state index is 13.6. The third-order valence-electron chi connectivity index (χ3n) is 6.62. The van der Waals surface area contributed by atoms with Crippen molar-refractivity contribution in [3.63, 3.8) is 0 Å². The van der Waals surface area contributed by atoms with Crippen molar-refractivity contribution in [3.05, 3.63) is 36.0 Å². The number of carbonyl (C=O) groups is 2. The molecule has 1 N–H and O–H groups in total. The number of esters is 1. The number of amides is 2. The zero-order valence-electron chi connectivity index (χ0n) is 20.0. The number of carbonyl (C=O) groups excluding carboxylic acids is 2. The van der Waals surface area contributed by atoms with Crippen molar-refractivity contribution in [1.29, 1.82) is 0 Å². The van der Waals surface area contributed by atoms with Crippen LogP contribution in [0.25, 0.3) is 0 Å². The van der Waals surface area contributed by atoms with E-state index in [1.807, 2.05) is 30.3 Å². The molecule has 2 aliphatic rings. The third kappa shape index (κ3) is 6.75. The molecule has 0 atom stereocenters. The van der Waals surface area contributed by atoms with E-state index in [9.17, 15) is 9.59 Å². The van der Waals surface area contributed by atoms with Gasteiger partial charge in [0, 0.05) is 17.0 Å². The number of ether oxygens (including phenoxy) is 1. The Morgan fingerprint density at radius 1 is 1.03 bits per heavy atom. The highest BCUT2D eigenvalue weighted by Crippen LogP contribution is 2.38. The summed E-state index contributed by atoms with van der Waals surface area (Å²) in [5.41, 5.74) is 0.662. The lowest BCUT2D eigenvalue weighted by molar-refractivity contribution is -0.142. The summed E-state index contributed by atoms with van der Waals surface area (Å²) < 4.78 is 6.07. The largest absolute Gasteiger partial charge is 0.466 e. The molecule has 0 unspecified atom stereocenters. The van der Waals surface area contributed by atoms with Crippen LogP contribution >= 0.6 is 23.1 Å². The average Bonchev–Trinajstić information content (AvgIpc) is 3.21. The molecular formula is C26H35N3O3S2. The Morgan fingerprint density at radius 2 is 1.65 bits per heavy atom. The monoisotopic (exact) mass is 501 g/mol. The van der Waals surface area contributed by atoms with Gasteiger partial charge in [-0.05, 0) is 44.7 Å². The summed E-state index contributed by atoms with van der Waals surface area (Å²) in [5, 5.41) is 3.67. The second kappa shape index (κ2) is 12.6. The van der Waals surface area contributed by atoms with Gasteiger partial charge in [-0.3, -0.25) is 10.1 Å². The number of nitrogens with zero attached hydrogens (tertiary/aromatic N) is 2. The number of urea groups is 1. The highest BCUT2D eigenvalue weighted by Gasteiger charge is 2.33. The Balaban J connectivity index is 1.53. The summed E-state index contributed by atoms with van der Waals surface area (Å²) in [6.45, 7) is 2.14. The third-order valence-corrected chi connectivity index (χ3v) is 8.85. The van der Waals surface area contributed by atoms with Crippen LogP contribution in [0, 0.1) is 0 Å². The first-order chi connectivity index (χ1) is 16.6. The van der Waals surface area contributed by atoms with Gasteiger partial charge in [-0.2, -0.15) is 0 Å². The van der Waals surface area contributed by atoms with E-state index in [0.29, 0.717) is 29.5 Å². The van der Waals surface area contributed by atoms with Gasteiger partial charge in [0.15, 0.2) is 5.13 Å². The minimum Gasteiger partial charge on any atom is -0.466 e. The molecule has 8 heteroatoms. The fourth-order valence-electron chi connectivity index (χ4n) is 5.03. The first-order valence-corrected chi connectivity index (χ1v) is 14.2. The molecule has 34 heavy (non-hydrogen) atoms. The van der Waals surface area contributed by atoms with E-state index in [1.165, 1.54) is 49.9 Å². The van der Waals surface area contributed by atoms with Gasteiger partial charge in [0.05, 0.1) is 22.9 Å². The van der Waals surface area contributed by atoms with Crippen LogP contribution in [0.5, 0.6) is 0 Å². The number of benzene rings is 1. The molecule has 0 bridgehead atoms. The van der Waals surface area contributed by atoms with Gasteiger partial charge < -0.3 is 9.64 Å². The van der Waals surface area contributed by atoms with Crippen molar-refractivity contribution in [3.8, 4) is 0 Å². The lowest BCUT2D eigenvalue weighted by atomic mass is 9.89. The Bertz CT molecular complexity index is 920. The molecule has 0 spiro atoms. The van der Waals surface area contributed by atoms with E-state index < -0.39 is 0 Å². The SMILES string of the molecule is CCOC(=O)Cc1nc(NC(=O)N(C2CCCCC2)C2CCCCC2)sc1Sc1ccccc1. The molecule has 184 valence electrons. The van der Waals surface area contributed by atoms with Gasteiger partial charge in [-0.25, -0.2) is 9.78 Å². The van der Waals surface area contributed by atoms with Crippen molar-refractivity contribution in [2.75, 3.05) is 11.9 Å². The van der Waals surface area contributed by atoms with Crippen molar-refractivity contribution in [2.45, 2.75) is 98.7 Å². The Hall–Kier alpha value is -2.06.